The van der Waals surface area contributed by atoms with E-state index >= 15 is 0 Å². The van der Waals surface area contributed by atoms with E-state index in [0.29, 0.717) is 13.1 Å². The van der Waals surface area contributed by atoms with Gasteiger partial charge >= 0.3 is 0 Å². The maximum absolute atomic E-state index is 11.5. The summed E-state index contributed by atoms with van der Waals surface area (Å²) in [6, 6.07) is 8.37. The predicted octanol–water partition coefficient (Wildman–Crippen LogP) is 2.57. The van der Waals surface area contributed by atoms with E-state index in [2.05, 4.69) is 51.0 Å². The zero-order chi connectivity index (χ0) is 18.2. The average Bonchev–Trinajstić information content (AvgIpc) is 2.92. The number of carbonyl (C=O) groups excluding carboxylic acids is 1. The molecule has 1 aromatic heterocycles. The van der Waals surface area contributed by atoms with Crippen LogP contribution in [0.15, 0.2) is 29.3 Å². The first-order chi connectivity index (χ1) is 12.0. The minimum Gasteiger partial charge on any atom is -0.358 e. The number of aliphatic imine (C=N–C) groups is 1. The minimum absolute atomic E-state index is 0. The Bertz CT molecular complexity index is 739. The third kappa shape index (κ3) is 6.19. The summed E-state index contributed by atoms with van der Waals surface area (Å²) in [6.45, 7) is 7.90. The minimum atomic E-state index is 0. The summed E-state index contributed by atoms with van der Waals surface area (Å²) in [4.78, 5) is 19.2. The second kappa shape index (κ2) is 11.1. The fourth-order valence-corrected chi connectivity index (χ4v) is 2.75. The quantitative estimate of drug-likeness (QED) is 0.217. The first kappa shape index (κ1) is 22.3. The van der Waals surface area contributed by atoms with E-state index in [1.54, 1.807) is 7.05 Å². The number of aromatic amines is 1. The zero-order valence-corrected chi connectivity index (χ0v) is 18.3. The molecule has 0 bridgehead atoms. The Morgan fingerprint density at radius 1 is 1.12 bits per heavy atom. The van der Waals surface area contributed by atoms with Crippen LogP contribution in [-0.2, 0) is 11.2 Å². The van der Waals surface area contributed by atoms with Crippen molar-refractivity contribution in [1.29, 1.82) is 0 Å². The van der Waals surface area contributed by atoms with Gasteiger partial charge in [0.15, 0.2) is 5.96 Å². The van der Waals surface area contributed by atoms with Crippen LogP contribution in [0, 0.1) is 12.8 Å². The van der Waals surface area contributed by atoms with Crippen molar-refractivity contribution in [3.05, 3.63) is 35.5 Å². The van der Waals surface area contributed by atoms with Crippen LogP contribution in [0.3, 0.4) is 0 Å². The molecule has 0 atom stereocenters. The maximum Gasteiger partial charge on any atom is 0.222 e. The number of hydrogen-bond donors (Lipinski definition) is 4. The van der Waals surface area contributed by atoms with E-state index in [-0.39, 0.29) is 35.8 Å². The number of fused-ring (bicyclic) bond motifs is 1. The summed E-state index contributed by atoms with van der Waals surface area (Å²) in [7, 11) is 1.75. The van der Waals surface area contributed by atoms with Gasteiger partial charge in [0.25, 0.3) is 0 Å². The van der Waals surface area contributed by atoms with Gasteiger partial charge in [0, 0.05) is 49.2 Å². The van der Waals surface area contributed by atoms with Gasteiger partial charge in [-0.05, 0) is 25.0 Å². The molecule has 2 rings (SSSR count). The van der Waals surface area contributed by atoms with Gasteiger partial charge in [-0.1, -0.05) is 32.0 Å². The number of amides is 1. The molecule has 2 aromatic rings. The Morgan fingerprint density at radius 2 is 1.77 bits per heavy atom. The van der Waals surface area contributed by atoms with E-state index in [1.165, 1.54) is 22.2 Å². The van der Waals surface area contributed by atoms with Crippen LogP contribution >= 0.6 is 24.0 Å². The van der Waals surface area contributed by atoms with Crippen molar-refractivity contribution in [3.63, 3.8) is 0 Å². The molecule has 0 radical (unpaired) electrons. The van der Waals surface area contributed by atoms with Gasteiger partial charge < -0.3 is 20.9 Å². The number of nitrogens with zero attached hydrogens (tertiary/aromatic N) is 1. The molecule has 0 fully saturated rings. The highest BCUT2D eigenvalue weighted by molar-refractivity contribution is 14.0. The fraction of sp³-hybridized carbons (Fsp3) is 0.474. The standard InChI is InChI=1S/C19H29N5O.HI/c1-13(2)18(25)21-11-12-23-19(20-4)22-10-9-15-14(3)24-17-8-6-5-7-16(15)17;/h5-8,13,24H,9-12H2,1-4H3,(H,21,25)(H2,20,22,23);1H. The molecule has 1 heterocycles. The summed E-state index contributed by atoms with van der Waals surface area (Å²) >= 11 is 0. The fourth-order valence-electron chi connectivity index (χ4n) is 2.75. The molecule has 0 saturated carbocycles. The lowest BCUT2D eigenvalue weighted by Gasteiger charge is -2.13. The number of aryl methyl sites for hydroxylation is 1. The first-order valence-electron chi connectivity index (χ1n) is 8.81. The molecule has 1 aromatic carbocycles. The normalized spacial score (nSPS) is 11.3. The largest absolute Gasteiger partial charge is 0.358 e. The summed E-state index contributed by atoms with van der Waals surface area (Å²) in [5, 5.41) is 10.7. The van der Waals surface area contributed by atoms with Crippen LogP contribution in [0.4, 0.5) is 0 Å². The number of nitrogens with one attached hydrogen (secondary N) is 4. The van der Waals surface area contributed by atoms with E-state index in [1.807, 2.05) is 19.9 Å². The van der Waals surface area contributed by atoms with E-state index in [4.69, 9.17) is 0 Å². The zero-order valence-electron chi connectivity index (χ0n) is 16.0. The van der Waals surface area contributed by atoms with Gasteiger partial charge in [0.05, 0.1) is 0 Å². The second-order valence-corrected chi connectivity index (χ2v) is 6.40. The molecule has 0 aliphatic carbocycles. The summed E-state index contributed by atoms with van der Waals surface area (Å²) in [6.07, 6.45) is 0.917. The molecule has 0 unspecified atom stereocenters. The molecule has 26 heavy (non-hydrogen) atoms. The van der Waals surface area contributed by atoms with Gasteiger partial charge in [-0.15, -0.1) is 24.0 Å². The lowest BCUT2D eigenvalue weighted by molar-refractivity contribution is -0.123. The van der Waals surface area contributed by atoms with Gasteiger partial charge in [-0.2, -0.15) is 0 Å². The number of H-pyrrole nitrogens is 1. The van der Waals surface area contributed by atoms with Crippen molar-refractivity contribution in [2.75, 3.05) is 26.7 Å². The number of aromatic nitrogens is 1. The number of guanidine groups is 1. The van der Waals surface area contributed by atoms with E-state index in [0.717, 1.165) is 18.9 Å². The van der Waals surface area contributed by atoms with Crippen molar-refractivity contribution in [2.45, 2.75) is 27.2 Å². The van der Waals surface area contributed by atoms with Gasteiger partial charge in [-0.25, -0.2) is 0 Å². The molecule has 1 amide bonds. The highest BCUT2D eigenvalue weighted by atomic mass is 127. The van der Waals surface area contributed by atoms with Crippen molar-refractivity contribution >= 4 is 46.7 Å². The third-order valence-electron chi connectivity index (χ3n) is 4.16. The number of rotatable bonds is 7. The van der Waals surface area contributed by atoms with Crippen LogP contribution in [0.25, 0.3) is 10.9 Å². The lowest BCUT2D eigenvalue weighted by Crippen LogP contribution is -2.42. The molecular formula is C19H30IN5O. The molecule has 0 aliphatic heterocycles. The Balaban J connectivity index is 0.00000338. The van der Waals surface area contributed by atoms with Gasteiger partial charge in [0.1, 0.15) is 0 Å². The van der Waals surface area contributed by atoms with E-state index in [9.17, 15) is 4.79 Å². The van der Waals surface area contributed by atoms with Crippen molar-refractivity contribution in [1.82, 2.24) is 20.9 Å². The topological polar surface area (TPSA) is 81.3 Å². The second-order valence-electron chi connectivity index (χ2n) is 6.40. The van der Waals surface area contributed by atoms with Crippen LogP contribution < -0.4 is 16.0 Å². The predicted molar refractivity (Wildman–Crippen MR) is 119 cm³/mol. The number of benzene rings is 1. The third-order valence-corrected chi connectivity index (χ3v) is 4.16. The summed E-state index contributed by atoms with van der Waals surface area (Å²) in [5.74, 6) is 0.827. The Hall–Kier alpha value is -1.77. The average molecular weight is 471 g/mol. The molecule has 6 nitrogen and oxygen atoms in total. The molecule has 144 valence electrons. The highest BCUT2D eigenvalue weighted by Gasteiger charge is 2.08. The molecule has 0 saturated heterocycles. The van der Waals surface area contributed by atoms with Crippen LogP contribution in [0.1, 0.15) is 25.1 Å². The molecule has 0 aliphatic rings. The molecule has 7 heteroatoms. The SMILES string of the molecule is CN=C(NCCNC(=O)C(C)C)NCCc1c(C)[nH]c2ccccc12.I. The molecular weight excluding hydrogens is 441 g/mol. The summed E-state index contributed by atoms with van der Waals surface area (Å²) < 4.78 is 0. The van der Waals surface area contributed by atoms with Crippen molar-refractivity contribution in [3.8, 4) is 0 Å². The number of halogens is 1. The van der Waals surface area contributed by atoms with Crippen LogP contribution in [-0.4, -0.2) is 43.5 Å². The van der Waals surface area contributed by atoms with Gasteiger partial charge in [-0.3, -0.25) is 9.79 Å². The molecule has 4 N–H and O–H groups in total. The number of hydrogen-bond acceptors (Lipinski definition) is 2. The first-order valence-corrected chi connectivity index (χ1v) is 8.81. The van der Waals surface area contributed by atoms with Crippen molar-refractivity contribution in [2.24, 2.45) is 10.9 Å². The summed E-state index contributed by atoms with van der Waals surface area (Å²) in [5.41, 5.74) is 3.73. The number of para-hydroxylation sites is 1. The Morgan fingerprint density at radius 3 is 2.46 bits per heavy atom. The number of carbonyl (C=O) groups is 1. The smallest absolute Gasteiger partial charge is 0.222 e. The van der Waals surface area contributed by atoms with Crippen LogP contribution in [0.2, 0.25) is 0 Å². The molecule has 0 spiro atoms. The lowest BCUT2D eigenvalue weighted by atomic mass is 10.1. The van der Waals surface area contributed by atoms with Crippen molar-refractivity contribution < 1.29 is 4.79 Å². The van der Waals surface area contributed by atoms with Crippen LogP contribution in [0.5, 0.6) is 0 Å². The van der Waals surface area contributed by atoms with Gasteiger partial charge in [0.2, 0.25) is 5.91 Å². The Kier molecular flexibility index (Phi) is 9.47. The highest BCUT2D eigenvalue weighted by Crippen LogP contribution is 2.21. The Labute approximate surface area is 172 Å². The van der Waals surface area contributed by atoms with E-state index < -0.39 is 0 Å². The maximum atomic E-state index is 11.5. The monoisotopic (exact) mass is 471 g/mol.